The lowest BCUT2D eigenvalue weighted by Crippen LogP contribution is -2.57. The number of nitrogens with zero attached hydrogens (tertiary/aromatic N) is 4. The first-order valence-electron chi connectivity index (χ1n) is 17.7. The number of hydrogen-bond donors (Lipinski definition) is 5. The van der Waals surface area contributed by atoms with Crippen molar-refractivity contribution >= 4 is 41.0 Å². The van der Waals surface area contributed by atoms with Crippen molar-refractivity contribution in [2.24, 2.45) is 11.8 Å². The number of phenolic OH excluding ortho intramolecular Hbond substituents is 2. The lowest BCUT2D eigenvalue weighted by molar-refractivity contribution is -0.142. The van der Waals surface area contributed by atoms with Gasteiger partial charge in [0, 0.05) is 41.4 Å². The molecular formula is C37H48ClN7O8. The molecule has 16 heteroatoms. The van der Waals surface area contributed by atoms with Crippen LogP contribution in [0.5, 0.6) is 11.5 Å². The molecule has 0 aliphatic carbocycles. The Balaban J connectivity index is 1.32. The SMILES string of the molecule is CC(C)C(NC(=O)[C@@H]1CCCN1C(=O)C(NC(=O)CCCCC(C)(C)NC(=O)c1cc(Cl)ccn1)C(C)C)C(=O)c1nnc(-c2cc(O)cc(O)c2)o1. The Morgan fingerprint density at radius 1 is 0.962 bits per heavy atom. The fourth-order valence-electron chi connectivity index (χ4n) is 6.13. The predicted molar refractivity (Wildman–Crippen MR) is 195 cm³/mol. The Labute approximate surface area is 313 Å². The number of unbranched alkanes of at least 4 members (excludes halogenated alkanes) is 1. The van der Waals surface area contributed by atoms with E-state index in [1.807, 2.05) is 27.7 Å². The number of benzene rings is 1. The minimum absolute atomic E-state index is 0.109. The summed E-state index contributed by atoms with van der Waals surface area (Å²) in [4.78, 5) is 72.1. The Bertz CT molecular complexity index is 1790. The molecule has 15 nitrogen and oxygen atoms in total. The number of amides is 4. The first kappa shape index (κ1) is 40.7. The lowest BCUT2D eigenvalue weighted by Gasteiger charge is -2.31. The molecule has 1 saturated heterocycles. The number of likely N-dealkylation sites (tertiary alicyclic amines) is 1. The van der Waals surface area contributed by atoms with E-state index in [2.05, 4.69) is 31.1 Å². The summed E-state index contributed by atoms with van der Waals surface area (Å²) in [7, 11) is 0. The average Bonchev–Trinajstić information content (AvgIpc) is 3.78. The van der Waals surface area contributed by atoms with Gasteiger partial charge in [0.15, 0.2) is 0 Å². The number of carbonyl (C=O) groups excluding carboxylic acids is 5. The van der Waals surface area contributed by atoms with Crippen LogP contribution in [0.2, 0.25) is 5.02 Å². The van der Waals surface area contributed by atoms with Crippen molar-refractivity contribution in [2.75, 3.05) is 6.54 Å². The van der Waals surface area contributed by atoms with Crippen LogP contribution in [-0.2, 0) is 14.4 Å². The van der Waals surface area contributed by atoms with Crippen LogP contribution >= 0.6 is 11.6 Å². The van der Waals surface area contributed by atoms with Crippen molar-refractivity contribution in [1.29, 1.82) is 0 Å². The van der Waals surface area contributed by atoms with Crippen molar-refractivity contribution in [3.05, 3.63) is 53.1 Å². The standard InChI is InChI=1S/C37H48ClN7O8/c1-20(2)29(31(49)35-44-43-34(53-35)22-16-24(46)19-25(47)17-22)41-33(51)27-10-9-15-45(27)36(52)30(21(3)4)40-28(48)11-7-8-13-37(5,6)42-32(50)26-18-23(38)12-14-39-26/h12,14,16-21,27,29-30,46-47H,7-11,13,15H2,1-6H3,(H,40,48)(H,41,51)(H,42,50)/t27-,29?,30?/m0/s1. The third-order valence-corrected chi connectivity index (χ3v) is 9.22. The highest BCUT2D eigenvalue weighted by Gasteiger charge is 2.40. The highest BCUT2D eigenvalue weighted by molar-refractivity contribution is 6.30. The number of Topliss-reactive ketones (excluding diaryl/α,β-unsaturated/α-hetero) is 1. The number of carbonyl (C=O) groups is 5. The van der Waals surface area contributed by atoms with Gasteiger partial charge in [-0.25, -0.2) is 0 Å². The van der Waals surface area contributed by atoms with Gasteiger partial charge in [0.2, 0.25) is 29.4 Å². The minimum Gasteiger partial charge on any atom is -0.508 e. The largest absolute Gasteiger partial charge is 0.508 e. The van der Waals surface area contributed by atoms with Gasteiger partial charge in [-0.15, -0.1) is 10.2 Å². The van der Waals surface area contributed by atoms with Crippen LogP contribution in [0.15, 0.2) is 40.9 Å². The third-order valence-electron chi connectivity index (χ3n) is 8.98. The molecule has 3 atom stereocenters. The van der Waals surface area contributed by atoms with Crippen molar-refractivity contribution < 1.29 is 38.6 Å². The van der Waals surface area contributed by atoms with Crippen LogP contribution < -0.4 is 16.0 Å². The molecule has 0 bridgehead atoms. The van der Waals surface area contributed by atoms with Gasteiger partial charge in [-0.1, -0.05) is 45.7 Å². The van der Waals surface area contributed by atoms with E-state index in [1.54, 1.807) is 19.9 Å². The maximum absolute atomic E-state index is 13.8. The second-order valence-corrected chi connectivity index (χ2v) is 15.1. The summed E-state index contributed by atoms with van der Waals surface area (Å²) < 4.78 is 5.55. The number of halogens is 1. The number of hydrogen-bond acceptors (Lipinski definition) is 11. The molecule has 53 heavy (non-hydrogen) atoms. The van der Waals surface area contributed by atoms with Crippen LogP contribution in [0.3, 0.4) is 0 Å². The van der Waals surface area contributed by atoms with Crippen molar-refractivity contribution in [2.45, 2.75) is 104 Å². The Morgan fingerprint density at radius 3 is 2.28 bits per heavy atom. The van der Waals surface area contributed by atoms with Gasteiger partial charge in [-0.05, 0) is 75.6 Å². The minimum atomic E-state index is -1.06. The average molecular weight is 754 g/mol. The highest BCUT2D eigenvalue weighted by atomic mass is 35.5. The predicted octanol–water partition coefficient (Wildman–Crippen LogP) is 4.42. The van der Waals surface area contributed by atoms with Crippen LogP contribution in [0.25, 0.3) is 11.5 Å². The molecule has 0 spiro atoms. The smallest absolute Gasteiger partial charge is 0.286 e. The summed E-state index contributed by atoms with van der Waals surface area (Å²) in [6.45, 7) is 11.2. The molecule has 1 aliphatic rings. The highest BCUT2D eigenvalue weighted by Crippen LogP contribution is 2.28. The first-order valence-corrected chi connectivity index (χ1v) is 18.1. The third kappa shape index (κ3) is 11.0. The second-order valence-electron chi connectivity index (χ2n) is 14.6. The number of rotatable bonds is 16. The van der Waals surface area contributed by atoms with Gasteiger partial charge >= 0.3 is 0 Å². The second kappa shape index (κ2) is 17.6. The molecule has 0 saturated carbocycles. The zero-order valence-electron chi connectivity index (χ0n) is 30.8. The maximum atomic E-state index is 13.8. The Morgan fingerprint density at radius 2 is 1.64 bits per heavy atom. The molecule has 1 aromatic carbocycles. The summed E-state index contributed by atoms with van der Waals surface area (Å²) in [6, 6.07) is 4.00. The molecule has 1 fully saturated rings. The number of aromatic nitrogens is 3. The Hall–Kier alpha value is -5.05. The van der Waals surface area contributed by atoms with Crippen LogP contribution in [-0.4, -0.2) is 89.9 Å². The molecule has 1 aliphatic heterocycles. The van der Waals surface area contributed by atoms with E-state index in [0.717, 1.165) is 6.07 Å². The van der Waals surface area contributed by atoms with E-state index < -0.39 is 35.4 Å². The van der Waals surface area contributed by atoms with Gasteiger partial charge < -0.3 is 35.5 Å². The number of nitrogens with one attached hydrogen (secondary N) is 3. The van der Waals surface area contributed by atoms with Crippen LogP contribution in [0.1, 0.15) is 101 Å². The topological polar surface area (TPSA) is 217 Å². The van der Waals surface area contributed by atoms with Gasteiger partial charge in [-0.2, -0.15) is 0 Å². The Kier molecular flexibility index (Phi) is 13.6. The van der Waals surface area contributed by atoms with Crippen molar-refractivity contribution in [3.8, 4) is 23.0 Å². The number of ketones is 1. The van der Waals surface area contributed by atoms with Crippen LogP contribution in [0, 0.1) is 11.8 Å². The summed E-state index contributed by atoms with van der Waals surface area (Å²) in [5.41, 5.74) is -0.151. The molecule has 4 amide bonds. The van der Waals surface area contributed by atoms with E-state index in [0.29, 0.717) is 43.7 Å². The molecule has 2 aromatic heterocycles. The quantitative estimate of drug-likeness (QED) is 0.102. The summed E-state index contributed by atoms with van der Waals surface area (Å²) >= 11 is 5.98. The normalized spacial score (nSPS) is 15.6. The molecule has 286 valence electrons. The van der Waals surface area contributed by atoms with Crippen molar-refractivity contribution in [1.82, 2.24) is 36.0 Å². The molecule has 4 rings (SSSR count). The van der Waals surface area contributed by atoms with Gasteiger partial charge in [0.05, 0.1) is 6.04 Å². The van der Waals surface area contributed by atoms with Crippen LogP contribution in [0.4, 0.5) is 0 Å². The van der Waals surface area contributed by atoms with E-state index in [9.17, 15) is 34.2 Å². The fourth-order valence-corrected chi connectivity index (χ4v) is 6.29. The molecule has 5 N–H and O–H groups in total. The lowest BCUT2D eigenvalue weighted by atomic mass is 9.96. The molecule has 3 heterocycles. The number of aromatic hydroxyl groups is 2. The first-order chi connectivity index (χ1) is 25.0. The molecular weight excluding hydrogens is 706 g/mol. The van der Waals surface area contributed by atoms with Gasteiger partial charge in [0.1, 0.15) is 29.3 Å². The van der Waals surface area contributed by atoms with E-state index in [-0.39, 0.29) is 70.5 Å². The van der Waals surface area contributed by atoms with E-state index in [4.69, 9.17) is 16.0 Å². The molecule has 3 aromatic rings. The fraction of sp³-hybridized carbons (Fsp3) is 0.514. The van der Waals surface area contributed by atoms with Gasteiger partial charge in [-0.3, -0.25) is 29.0 Å². The number of pyridine rings is 1. The van der Waals surface area contributed by atoms with E-state index >= 15 is 0 Å². The summed E-state index contributed by atoms with van der Waals surface area (Å²) in [5.74, 6) is -3.78. The summed E-state index contributed by atoms with van der Waals surface area (Å²) in [6.07, 6.45) is 4.33. The molecule has 2 unspecified atom stereocenters. The summed E-state index contributed by atoms with van der Waals surface area (Å²) in [5, 5.41) is 36.3. The zero-order valence-corrected chi connectivity index (χ0v) is 31.6. The maximum Gasteiger partial charge on any atom is 0.286 e. The zero-order chi connectivity index (χ0) is 39.0. The monoisotopic (exact) mass is 753 g/mol. The number of phenols is 2. The van der Waals surface area contributed by atoms with E-state index in [1.165, 1.54) is 29.3 Å². The van der Waals surface area contributed by atoms with Gasteiger partial charge in [0.25, 0.3) is 11.8 Å². The molecule has 0 radical (unpaired) electrons. The van der Waals surface area contributed by atoms with Crippen molar-refractivity contribution in [3.63, 3.8) is 0 Å².